The molecule has 134 valence electrons. The molecule has 1 amide bonds. The lowest BCUT2D eigenvalue weighted by Crippen LogP contribution is -2.35. The number of amides is 1. The van der Waals surface area contributed by atoms with Crippen LogP contribution in [0, 0.1) is 0 Å². The van der Waals surface area contributed by atoms with E-state index in [2.05, 4.69) is 15.2 Å². The molecule has 25 heavy (non-hydrogen) atoms. The summed E-state index contributed by atoms with van der Waals surface area (Å²) in [4.78, 5) is 19.3. The zero-order valence-corrected chi connectivity index (χ0v) is 15.3. The number of nitrogens with zero attached hydrogens (tertiary/aromatic N) is 2. The van der Waals surface area contributed by atoms with Gasteiger partial charge in [0.05, 0.1) is 31.5 Å². The zero-order valence-electron chi connectivity index (χ0n) is 14.5. The van der Waals surface area contributed by atoms with Gasteiger partial charge in [-0.15, -0.1) is 11.3 Å². The van der Waals surface area contributed by atoms with Crippen molar-refractivity contribution in [3.8, 4) is 5.75 Å². The van der Waals surface area contributed by atoms with Crippen molar-refractivity contribution in [1.82, 2.24) is 9.88 Å². The molecule has 0 saturated carbocycles. The number of rotatable bonds is 6. The van der Waals surface area contributed by atoms with Gasteiger partial charge in [-0.05, 0) is 26.0 Å². The third-order valence-corrected chi connectivity index (χ3v) is 4.58. The second-order valence-corrected chi connectivity index (χ2v) is 7.07. The Morgan fingerprint density at radius 2 is 2.12 bits per heavy atom. The normalized spacial score (nSPS) is 15.3. The van der Waals surface area contributed by atoms with Crippen LogP contribution in [0.3, 0.4) is 0 Å². The molecule has 1 N–H and O–H groups in total. The molecule has 0 bridgehead atoms. The number of benzene rings is 1. The molecule has 1 aromatic carbocycles. The Kier molecular flexibility index (Phi) is 6.01. The van der Waals surface area contributed by atoms with Crippen LogP contribution < -0.4 is 10.1 Å². The maximum atomic E-state index is 12.5. The van der Waals surface area contributed by atoms with E-state index in [-0.39, 0.29) is 12.0 Å². The summed E-state index contributed by atoms with van der Waals surface area (Å²) in [5.41, 5.74) is 1.09. The second kappa shape index (κ2) is 8.42. The smallest absolute Gasteiger partial charge is 0.275 e. The van der Waals surface area contributed by atoms with E-state index >= 15 is 0 Å². The molecule has 0 atom stereocenters. The molecule has 6 nitrogen and oxygen atoms in total. The Labute approximate surface area is 151 Å². The molecular weight excluding hydrogens is 338 g/mol. The highest BCUT2D eigenvalue weighted by Gasteiger charge is 2.16. The third kappa shape index (κ3) is 5.01. The number of nitrogens with one attached hydrogen (secondary N) is 1. The molecule has 1 aliphatic rings. The van der Waals surface area contributed by atoms with Crippen molar-refractivity contribution < 1.29 is 14.3 Å². The van der Waals surface area contributed by atoms with Crippen molar-refractivity contribution in [3.63, 3.8) is 0 Å². The number of hydrogen-bond donors (Lipinski definition) is 1. The van der Waals surface area contributed by atoms with Gasteiger partial charge < -0.3 is 14.8 Å². The van der Waals surface area contributed by atoms with E-state index in [1.165, 1.54) is 11.3 Å². The first-order valence-electron chi connectivity index (χ1n) is 8.43. The molecular formula is C18H23N3O3S. The number of thiazole rings is 1. The van der Waals surface area contributed by atoms with Crippen LogP contribution in [0.15, 0.2) is 29.6 Å². The van der Waals surface area contributed by atoms with Gasteiger partial charge in [0.25, 0.3) is 5.91 Å². The molecule has 0 radical (unpaired) electrons. The van der Waals surface area contributed by atoms with Crippen LogP contribution in [0.5, 0.6) is 5.75 Å². The fraction of sp³-hybridized carbons (Fsp3) is 0.444. The summed E-state index contributed by atoms with van der Waals surface area (Å²) in [7, 11) is 0. The first kappa shape index (κ1) is 17.8. The average Bonchev–Trinajstić information content (AvgIpc) is 3.06. The zero-order chi connectivity index (χ0) is 17.6. The summed E-state index contributed by atoms with van der Waals surface area (Å²) in [6.07, 6.45) is 0.0393. The van der Waals surface area contributed by atoms with E-state index in [0.29, 0.717) is 17.1 Å². The van der Waals surface area contributed by atoms with Crippen LogP contribution in [-0.2, 0) is 11.3 Å². The summed E-state index contributed by atoms with van der Waals surface area (Å²) in [6, 6.07) is 7.43. The van der Waals surface area contributed by atoms with Crippen molar-refractivity contribution in [3.05, 3.63) is 40.3 Å². The monoisotopic (exact) mass is 361 g/mol. The van der Waals surface area contributed by atoms with E-state index in [9.17, 15) is 4.79 Å². The van der Waals surface area contributed by atoms with Gasteiger partial charge in [-0.3, -0.25) is 9.69 Å². The number of morpholine rings is 1. The summed E-state index contributed by atoms with van der Waals surface area (Å²) in [5, 5.41) is 5.64. The van der Waals surface area contributed by atoms with Crippen LogP contribution in [0.2, 0.25) is 0 Å². The highest BCUT2D eigenvalue weighted by atomic mass is 32.1. The quantitative estimate of drug-likeness (QED) is 0.857. The van der Waals surface area contributed by atoms with Crippen LogP contribution >= 0.6 is 11.3 Å². The average molecular weight is 361 g/mol. The summed E-state index contributed by atoms with van der Waals surface area (Å²) in [5.74, 6) is 0.443. The Bertz CT molecular complexity index is 711. The number of hydrogen-bond acceptors (Lipinski definition) is 6. The number of carbonyl (C=O) groups excluding carboxylic acids is 1. The topological polar surface area (TPSA) is 63.7 Å². The summed E-state index contributed by atoms with van der Waals surface area (Å²) in [6.45, 7) is 7.99. The molecule has 1 aliphatic heterocycles. The predicted octanol–water partition coefficient (Wildman–Crippen LogP) is 3.01. The van der Waals surface area contributed by atoms with Gasteiger partial charge in [-0.2, -0.15) is 0 Å². The van der Waals surface area contributed by atoms with Crippen molar-refractivity contribution in [2.45, 2.75) is 26.5 Å². The molecule has 2 aromatic rings. The minimum absolute atomic E-state index is 0.0393. The maximum absolute atomic E-state index is 12.5. The van der Waals surface area contributed by atoms with Crippen molar-refractivity contribution in [1.29, 1.82) is 0 Å². The minimum Gasteiger partial charge on any atom is -0.489 e. The highest BCUT2D eigenvalue weighted by Crippen LogP contribution is 2.25. The lowest BCUT2D eigenvalue weighted by atomic mass is 10.2. The van der Waals surface area contributed by atoms with Crippen LogP contribution in [0.25, 0.3) is 0 Å². The van der Waals surface area contributed by atoms with E-state index in [1.807, 2.05) is 38.1 Å². The van der Waals surface area contributed by atoms with Crippen molar-refractivity contribution >= 4 is 22.9 Å². The Morgan fingerprint density at radius 1 is 1.36 bits per heavy atom. The Morgan fingerprint density at radius 3 is 2.88 bits per heavy atom. The highest BCUT2D eigenvalue weighted by molar-refractivity contribution is 7.09. The molecule has 1 aromatic heterocycles. The molecule has 0 unspecified atom stereocenters. The van der Waals surface area contributed by atoms with Gasteiger partial charge in [0.1, 0.15) is 16.5 Å². The molecule has 1 saturated heterocycles. The first-order valence-corrected chi connectivity index (χ1v) is 9.31. The molecule has 0 spiro atoms. The minimum atomic E-state index is -0.218. The fourth-order valence-corrected chi connectivity index (χ4v) is 3.37. The van der Waals surface area contributed by atoms with Gasteiger partial charge in [-0.25, -0.2) is 4.98 Å². The van der Waals surface area contributed by atoms with Gasteiger partial charge in [0.2, 0.25) is 0 Å². The number of carbonyl (C=O) groups is 1. The lowest BCUT2D eigenvalue weighted by molar-refractivity contribution is 0.0341. The second-order valence-electron chi connectivity index (χ2n) is 6.13. The predicted molar refractivity (Wildman–Crippen MR) is 98.4 cm³/mol. The van der Waals surface area contributed by atoms with Crippen molar-refractivity contribution in [2.24, 2.45) is 0 Å². The first-order chi connectivity index (χ1) is 12.1. The van der Waals surface area contributed by atoms with Gasteiger partial charge in [0.15, 0.2) is 0 Å². The SMILES string of the molecule is CC(C)Oc1ccccc1NC(=O)c1csc(CN2CCOCC2)n1. The summed E-state index contributed by atoms with van der Waals surface area (Å²) >= 11 is 1.51. The summed E-state index contributed by atoms with van der Waals surface area (Å²) < 4.78 is 11.1. The lowest BCUT2D eigenvalue weighted by Gasteiger charge is -2.25. The van der Waals surface area contributed by atoms with Gasteiger partial charge in [0, 0.05) is 18.5 Å². The number of ether oxygens (including phenoxy) is 2. The van der Waals surface area contributed by atoms with Gasteiger partial charge in [-0.1, -0.05) is 12.1 Å². The number of anilines is 1. The van der Waals surface area contributed by atoms with E-state index in [0.717, 1.165) is 37.9 Å². The molecule has 3 rings (SSSR count). The Hall–Kier alpha value is -1.96. The van der Waals surface area contributed by atoms with Crippen LogP contribution in [-0.4, -0.2) is 48.2 Å². The van der Waals surface area contributed by atoms with E-state index in [1.54, 1.807) is 5.38 Å². The largest absolute Gasteiger partial charge is 0.489 e. The standard InChI is InChI=1S/C18H23N3O3S/c1-13(2)24-16-6-4-3-5-14(16)20-18(22)15-12-25-17(19-15)11-21-7-9-23-10-8-21/h3-6,12-13H,7-11H2,1-2H3,(H,20,22). The molecule has 7 heteroatoms. The molecule has 2 heterocycles. The van der Waals surface area contributed by atoms with Crippen LogP contribution in [0.4, 0.5) is 5.69 Å². The molecule has 0 aliphatic carbocycles. The van der Waals surface area contributed by atoms with Crippen molar-refractivity contribution in [2.75, 3.05) is 31.6 Å². The fourth-order valence-electron chi connectivity index (χ4n) is 2.55. The van der Waals surface area contributed by atoms with E-state index < -0.39 is 0 Å². The maximum Gasteiger partial charge on any atom is 0.275 e. The van der Waals surface area contributed by atoms with Gasteiger partial charge >= 0.3 is 0 Å². The molecule has 1 fully saturated rings. The number of aromatic nitrogens is 1. The Balaban J connectivity index is 1.64. The third-order valence-electron chi connectivity index (χ3n) is 3.74. The van der Waals surface area contributed by atoms with E-state index in [4.69, 9.17) is 9.47 Å². The number of para-hydroxylation sites is 2. The van der Waals surface area contributed by atoms with Crippen LogP contribution in [0.1, 0.15) is 29.3 Å².